The van der Waals surface area contributed by atoms with Crippen molar-refractivity contribution in [2.45, 2.75) is 104 Å². The molecule has 0 saturated carbocycles. The summed E-state index contributed by atoms with van der Waals surface area (Å²) in [5.41, 5.74) is 4.18. The fourth-order valence-corrected chi connectivity index (χ4v) is 2.59. The maximum atomic E-state index is 11.9. The van der Waals surface area contributed by atoms with Gasteiger partial charge < -0.3 is 38.9 Å². The molecule has 0 heterocycles. The summed E-state index contributed by atoms with van der Waals surface area (Å²) in [6.45, 7) is 18.6. The second-order valence-electron chi connectivity index (χ2n) is 11.8. The summed E-state index contributed by atoms with van der Waals surface area (Å²) in [7, 11) is 0. The summed E-state index contributed by atoms with van der Waals surface area (Å²) >= 11 is 0. The van der Waals surface area contributed by atoms with Crippen LogP contribution in [0, 0.1) is 0 Å². The average Bonchev–Trinajstić information content (AvgIpc) is 2.67. The Labute approximate surface area is 217 Å². The van der Waals surface area contributed by atoms with Gasteiger partial charge in [-0.05, 0) is 68.7 Å². The third-order valence-corrected chi connectivity index (χ3v) is 4.06. The zero-order valence-corrected chi connectivity index (χ0v) is 24.0. The minimum absolute atomic E-state index is 0.109. The molecule has 0 amide bonds. The Morgan fingerprint density at radius 1 is 0.583 bits per heavy atom. The SMILES string of the molecule is CC(C)(C)OCOCCCOCC(N)(COCCC(=O)OC(C)(C)C)COCCC(=O)OC(C)(C)C. The van der Waals surface area contributed by atoms with Crippen molar-refractivity contribution < 1.29 is 42.7 Å². The highest BCUT2D eigenvalue weighted by atomic mass is 16.7. The van der Waals surface area contributed by atoms with Crippen LogP contribution in [0.15, 0.2) is 0 Å². The first-order valence-corrected chi connectivity index (χ1v) is 12.6. The summed E-state index contributed by atoms with van der Waals surface area (Å²) in [4.78, 5) is 23.8. The zero-order valence-electron chi connectivity index (χ0n) is 24.0. The van der Waals surface area contributed by atoms with Gasteiger partial charge in [0.05, 0.1) is 63.6 Å². The number of carbonyl (C=O) groups is 2. The third-order valence-electron chi connectivity index (χ3n) is 4.06. The van der Waals surface area contributed by atoms with E-state index in [2.05, 4.69) is 0 Å². The summed E-state index contributed by atoms with van der Waals surface area (Å²) in [5, 5.41) is 0. The molecule has 0 aliphatic rings. The summed E-state index contributed by atoms with van der Waals surface area (Å²) in [5.74, 6) is -0.684. The lowest BCUT2D eigenvalue weighted by molar-refractivity contribution is -0.157. The van der Waals surface area contributed by atoms with Gasteiger partial charge in [-0.25, -0.2) is 0 Å². The molecule has 0 aliphatic carbocycles. The highest BCUT2D eigenvalue weighted by Gasteiger charge is 2.27. The van der Waals surface area contributed by atoms with Crippen molar-refractivity contribution in [3.05, 3.63) is 0 Å². The fraction of sp³-hybridized carbons (Fsp3) is 0.923. The van der Waals surface area contributed by atoms with Crippen molar-refractivity contribution in [1.29, 1.82) is 0 Å². The van der Waals surface area contributed by atoms with Crippen molar-refractivity contribution in [2.24, 2.45) is 5.73 Å². The van der Waals surface area contributed by atoms with E-state index in [-0.39, 0.29) is 70.2 Å². The van der Waals surface area contributed by atoms with Crippen molar-refractivity contribution in [3.63, 3.8) is 0 Å². The minimum atomic E-state index is -0.960. The predicted octanol–water partition coefficient (Wildman–Crippen LogP) is 3.38. The van der Waals surface area contributed by atoms with Gasteiger partial charge >= 0.3 is 11.9 Å². The number of hydrogen-bond acceptors (Lipinski definition) is 10. The molecule has 10 nitrogen and oxygen atoms in total. The van der Waals surface area contributed by atoms with Crippen molar-refractivity contribution in [1.82, 2.24) is 0 Å². The number of ether oxygens (including phenoxy) is 7. The number of rotatable bonds is 18. The van der Waals surface area contributed by atoms with E-state index < -0.39 is 16.7 Å². The molecule has 0 aromatic rings. The second kappa shape index (κ2) is 16.5. The molecular weight excluding hydrogens is 470 g/mol. The molecule has 2 N–H and O–H groups in total. The van der Waals surface area contributed by atoms with E-state index in [9.17, 15) is 9.59 Å². The number of nitrogens with two attached hydrogens (primary N) is 1. The van der Waals surface area contributed by atoms with Crippen molar-refractivity contribution in [3.8, 4) is 0 Å². The Bertz CT molecular complexity index is 582. The largest absolute Gasteiger partial charge is 0.460 e. The van der Waals surface area contributed by atoms with Gasteiger partial charge in [0.2, 0.25) is 0 Å². The quantitative estimate of drug-likeness (QED) is 0.163. The second-order valence-corrected chi connectivity index (χ2v) is 11.8. The standard InChI is InChI=1S/C26H51NO9/c1-23(2,3)34-20-33-14-10-13-30-17-26(27,18-31-15-11-21(28)35-24(4,5)6)19-32-16-12-22(29)36-25(7,8)9/h10-20,27H2,1-9H3. The lowest BCUT2D eigenvalue weighted by Gasteiger charge is -2.29. The van der Waals surface area contributed by atoms with Crippen LogP contribution in [0.1, 0.15) is 81.6 Å². The van der Waals surface area contributed by atoms with Gasteiger partial charge in [0, 0.05) is 6.61 Å². The van der Waals surface area contributed by atoms with Crippen LogP contribution >= 0.6 is 0 Å². The number of carbonyl (C=O) groups excluding carboxylic acids is 2. The first-order valence-electron chi connectivity index (χ1n) is 12.6. The van der Waals surface area contributed by atoms with E-state index in [1.807, 2.05) is 62.3 Å². The normalized spacial score (nSPS) is 13.1. The number of esters is 2. The van der Waals surface area contributed by atoms with Crippen molar-refractivity contribution in [2.75, 3.05) is 53.0 Å². The van der Waals surface area contributed by atoms with Crippen LogP contribution in [0.2, 0.25) is 0 Å². The Balaban J connectivity index is 4.49. The monoisotopic (exact) mass is 521 g/mol. The molecule has 0 radical (unpaired) electrons. The molecule has 0 rings (SSSR count). The van der Waals surface area contributed by atoms with E-state index in [0.29, 0.717) is 19.6 Å². The topological polar surface area (TPSA) is 125 Å². The molecule has 36 heavy (non-hydrogen) atoms. The first-order chi connectivity index (χ1) is 16.4. The van der Waals surface area contributed by atoms with Crippen LogP contribution in [-0.2, 0) is 42.7 Å². The Morgan fingerprint density at radius 2 is 0.972 bits per heavy atom. The highest BCUT2D eigenvalue weighted by molar-refractivity contribution is 5.70. The maximum Gasteiger partial charge on any atom is 0.308 e. The molecule has 214 valence electrons. The Hall–Kier alpha value is -1.30. The Kier molecular flexibility index (Phi) is 15.9. The molecule has 0 aromatic carbocycles. The van der Waals surface area contributed by atoms with Crippen LogP contribution < -0.4 is 5.73 Å². The number of hydrogen-bond donors (Lipinski definition) is 1. The highest BCUT2D eigenvalue weighted by Crippen LogP contribution is 2.11. The summed E-state index contributed by atoms with van der Waals surface area (Å²) < 4.78 is 38.6. The molecule has 0 unspecified atom stereocenters. The van der Waals surface area contributed by atoms with Crippen LogP contribution in [0.3, 0.4) is 0 Å². The smallest absolute Gasteiger partial charge is 0.308 e. The van der Waals surface area contributed by atoms with Gasteiger partial charge in [0.15, 0.2) is 0 Å². The molecule has 10 heteroatoms. The predicted molar refractivity (Wildman–Crippen MR) is 137 cm³/mol. The lowest BCUT2D eigenvalue weighted by Crippen LogP contribution is -2.53. The van der Waals surface area contributed by atoms with Gasteiger partial charge in [-0.15, -0.1) is 0 Å². The molecule has 0 aromatic heterocycles. The summed E-state index contributed by atoms with van der Waals surface area (Å²) in [6.07, 6.45) is 0.895. The van der Waals surface area contributed by atoms with E-state index >= 15 is 0 Å². The van der Waals surface area contributed by atoms with Crippen LogP contribution in [-0.4, -0.2) is 87.3 Å². The fourth-order valence-electron chi connectivity index (χ4n) is 2.59. The minimum Gasteiger partial charge on any atom is -0.460 e. The van der Waals surface area contributed by atoms with Crippen molar-refractivity contribution >= 4 is 11.9 Å². The van der Waals surface area contributed by atoms with E-state index in [1.54, 1.807) is 0 Å². The Morgan fingerprint density at radius 3 is 1.36 bits per heavy atom. The van der Waals surface area contributed by atoms with Crippen LogP contribution in [0.5, 0.6) is 0 Å². The average molecular weight is 522 g/mol. The summed E-state index contributed by atoms with van der Waals surface area (Å²) in [6, 6.07) is 0. The lowest BCUT2D eigenvalue weighted by atomic mass is 10.1. The van der Waals surface area contributed by atoms with Gasteiger partial charge in [-0.3, -0.25) is 9.59 Å². The maximum absolute atomic E-state index is 11.9. The van der Waals surface area contributed by atoms with E-state index in [0.717, 1.165) is 0 Å². The van der Waals surface area contributed by atoms with Crippen LogP contribution in [0.25, 0.3) is 0 Å². The van der Waals surface area contributed by atoms with E-state index in [1.165, 1.54) is 0 Å². The molecule has 0 fully saturated rings. The van der Waals surface area contributed by atoms with Gasteiger partial charge in [-0.1, -0.05) is 0 Å². The van der Waals surface area contributed by atoms with Gasteiger partial charge in [0.25, 0.3) is 0 Å². The van der Waals surface area contributed by atoms with Crippen LogP contribution in [0.4, 0.5) is 0 Å². The molecular formula is C26H51NO9. The molecule has 0 bridgehead atoms. The molecule has 0 saturated heterocycles. The zero-order chi connectivity index (χ0) is 27.9. The first kappa shape index (κ1) is 34.7. The molecule has 0 atom stereocenters. The molecule has 0 spiro atoms. The van der Waals surface area contributed by atoms with Gasteiger partial charge in [0.1, 0.15) is 18.0 Å². The van der Waals surface area contributed by atoms with E-state index in [4.69, 9.17) is 38.9 Å². The molecule has 0 aliphatic heterocycles. The van der Waals surface area contributed by atoms with Gasteiger partial charge in [-0.2, -0.15) is 0 Å². The third kappa shape index (κ3) is 23.1.